The molecule has 0 spiro atoms. The Morgan fingerprint density at radius 3 is 2.77 bits per heavy atom. The summed E-state index contributed by atoms with van der Waals surface area (Å²) in [5.74, 6) is -0.0342. The van der Waals surface area contributed by atoms with E-state index in [4.69, 9.17) is 20.5 Å². The van der Waals surface area contributed by atoms with Crippen molar-refractivity contribution in [2.75, 3.05) is 6.61 Å². The smallest absolute Gasteiger partial charge is 0.368 e. The fraction of sp³-hybridized carbons (Fsp3) is 0.211. The van der Waals surface area contributed by atoms with Crippen molar-refractivity contribution >= 4 is 27.6 Å². The number of ether oxygens (including phenoxy) is 1. The summed E-state index contributed by atoms with van der Waals surface area (Å²) >= 11 is 6.13. The molecule has 0 radical (unpaired) electrons. The van der Waals surface area contributed by atoms with Crippen molar-refractivity contribution in [3.63, 3.8) is 0 Å². The lowest BCUT2D eigenvalue weighted by Gasteiger charge is -2.35. The molecule has 4 rings (SSSR count). The Balaban J connectivity index is 1.84. The van der Waals surface area contributed by atoms with Crippen molar-refractivity contribution in [3.8, 4) is 5.75 Å². The van der Waals surface area contributed by atoms with Crippen molar-refractivity contribution in [1.29, 1.82) is 0 Å². The summed E-state index contributed by atoms with van der Waals surface area (Å²) in [6.07, 6.45) is 0.194. The van der Waals surface area contributed by atoms with Gasteiger partial charge >= 0.3 is 10.3 Å². The molecule has 0 aliphatic carbocycles. The molecule has 1 fully saturated rings. The first-order valence-electron chi connectivity index (χ1n) is 8.10. The van der Waals surface area contributed by atoms with Gasteiger partial charge in [0, 0.05) is 16.5 Å². The van der Waals surface area contributed by atoms with Crippen LogP contribution in [0.4, 0.5) is 0 Å². The molecule has 1 unspecified atom stereocenters. The fourth-order valence-corrected chi connectivity index (χ4v) is 4.46. The van der Waals surface area contributed by atoms with Crippen LogP contribution in [-0.2, 0) is 15.0 Å². The van der Waals surface area contributed by atoms with E-state index >= 15 is 0 Å². The molecule has 2 heterocycles. The number of fused-ring (bicyclic) bond motifs is 1. The minimum atomic E-state index is -4.05. The largest absolute Gasteiger partial charge is 0.428 e. The molecule has 0 aromatic heterocycles. The molecule has 2 aliphatic heterocycles. The second-order valence-electron chi connectivity index (χ2n) is 6.33. The van der Waals surface area contributed by atoms with Crippen LogP contribution in [0.15, 0.2) is 65.1 Å². The van der Waals surface area contributed by atoms with Gasteiger partial charge in [-0.25, -0.2) is 0 Å². The quantitative estimate of drug-likeness (QED) is 0.725. The number of nitrogens with zero attached hydrogens (tertiary/aromatic N) is 1. The number of halogens is 1. The van der Waals surface area contributed by atoms with Crippen molar-refractivity contribution in [2.24, 2.45) is 10.3 Å². The maximum Gasteiger partial charge on any atom is 0.428 e. The summed E-state index contributed by atoms with van der Waals surface area (Å²) in [4.78, 5) is 0. The van der Waals surface area contributed by atoms with Crippen molar-refractivity contribution in [2.45, 2.75) is 12.5 Å². The third kappa shape index (κ3) is 3.28. The average molecular weight is 390 g/mol. The molecule has 1 saturated heterocycles. The zero-order chi connectivity index (χ0) is 18.3. The zero-order valence-corrected chi connectivity index (χ0v) is 15.3. The number of hydrogen-bond acceptors (Lipinski definition) is 4. The summed E-state index contributed by atoms with van der Waals surface area (Å²) in [6, 6.07) is 14.3. The lowest BCUT2D eigenvalue weighted by atomic mass is 9.81. The van der Waals surface area contributed by atoms with E-state index in [1.54, 1.807) is 24.3 Å². The summed E-state index contributed by atoms with van der Waals surface area (Å²) in [5, 5.41) is 0.594. The minimum Gasteiger partial charge on any atom is -0.368 e. The normalized spacial score (nSPS) is 24.3. The third-order valence-corrected chi connectivity index (χ3v) is 5.48. The number of para-hydroxylation sites is 1. The molecule has 5 nitrogen and oxygen atoms in total. The standard InChI is InChI=1S/C19H16ClNO4S/c1-12-9-16(19(24-11-12)13-5-4-6-14(20)10-13)18-15-7-2-3-8-17(15)25-26(22,23)21-18/h2-8,10,16,19H,1,9,11H2/t16?,19-/m1/s1. The molecule has 7 heteroatoms. The highest BCUT2D eigenvalue weighted by Crippen LogP contribution is 2.41. The van der Waals surface area contributed by atoms with Crippen molar-refractivity contribution < 1.29 is 17.3 Å². The van der Waals surface area contributed by atoms with Gasteiger partial charge in [0.05, 0.1) is 18.4 Å². The Labute approximate surface area is 157 Å². The van der Waals surface area contributed by atoms with E-state index in [1.807, 2.05) is 24.3 Å². The van der Waals surface area contributed by atoms with Crippen LogP contribution in [0.1, 0.15) is 23.7 Å². The molecule has 134 valence electrons. The Bertz CT molecular complexity index is 1020. The van der Waals surface area contributed by atoms with E-state index in [0.29, 0.717) is 29.3 Å². The average Bonchev–Trinajstić information content (AvgIpc) is 2.60. The molecule has 0 bridgehead atoms. The third-order valence-electron chi connectivity index (χ3n) is 4.44. The van der Waals surface area contributed by atoms with Crippen LogP contribution in [-0.4, -0.2) is 20.7 Å². The Morgan fingerprint density at radius 2 is 1.96 bits per heavy atom. The first kappa shape index (κ1) is 17.3. The number of hydrogen-bond donors (Lipinski definition) is 0. The predicted molar refractivity (Wildman–Crippen MR) is 99.9 cm³/mol. The summed E-state index contributed by atoms with van der Waals surface area (Å²) < 4.78 is 39.3. The molecule has 0 amide bonds. The van der Waals surface area contributed by atoms with E-state index in [1.165, 1.54) is 0 Å². The lowest BCUT2D eigenvalue weighted by Crippen LogP contribution is -2.33. The zero-order valence-electron chi connectivity index (χ0n) is 13.8. The number of rotatable bonds is 2. The van der Waals surface area contributed by atoms with Gasteiger partial charge in [0.1, 0.15) is 0 Å². The second kappa shape index (κ2) is 6.54. The predicted octanol–water partition coefficient (Wildman–Crippen LogP) is 4.10. The van der Waals surface area contributed by atoms with Gasteiger partial charge in [-0.2, -0.15) is 8.42 Å². The van der Waals surface area contributed by atoms with E-state index in [0.717, 1.165) is 11.1 Å². The van der Waals surface area contributed by atoms with Gasteiger partial charge in [-0.15, -0.1) is 4.40 Å². The van der Waals surface area contributed by atoms with Crippen LogP contribution in [0.25, 0.3) is 0 Å². The summed E-state index contributed by atoms with van der Waals surface area (Å²) in [6.45, 7) is 4.42. The van der Waals surface area contributed by atoms with E-state index in [-0.39, 0.29) is 17.8 Å². The Morgan fingerprint density at radius 1 is 1.15 bits per heavy atom. The van der Waals surface area contributed by atoms with Gasteiger partial charge < -0.3 is 8.92 Å². The molecule has 2 atom stereocenters. The monoisotopic (exact) mass is 389 g/mol. The molecule has 26 heavy (non-hydrogen) atoms. The maximum atomic E-state index is 12.2. The summed E-state index contributed by atoms with van der Waals surface area (Å²) in [7, 11) is -4.05. The van der Waals surface area contributed by atoms with Crippen LogP contribution in [0.3, 0.4) is 0 Å². The SMILES string of the molecule is C=C1CO[C@H](c2cccc(Cl)c2)C(C2=NS(=O)(=O)Oc3ccccc32)C1. The van der Waals surface area contributed by atoms with Gasteiger partial charge in [0.2, 0.25) is 0 Å². The Kier molecular flexibility index (Phi) is 4.34. The van der Waals surface area contributed by atoms with Crippen LogP contribution in [0.2, 0.25) is 5.02 Å². The van der Waals surface area contributed by atoms with E-state index < -0.39 is 10.3 Å². The van der Waals surface area contributed by atoms with Gasteiger partial charge in [0.25, 0.3) is 0 Å². The highest BCUT2D eigenvalue weighted by atomic mass is 35.5. The highest BCUT2D eigenvalue weighted by Gasteiger charge is 2.38. The topological polar surface area (TPSA) is 65.0 Å². The first-order chi connectivity index (χ1) is 12.4. The molecule has 2 aliphatic rings. The highest BCUT2D eigenvalue weighted by molar-refractivity contribution is 7.86. The number of benzene rings is 2. The molecule has 0 N–H and O–H groups in total. The minimum absolute atomic E-state index is 0.276. The molecule has 0 saturated carbocycles. The van der Waals surface area contributed by atoms with Gasteiger partial charge in [-0.1, -0.05) is 48.0 Å². The lowest BCUT2D eigenvalue weighted by molar-refractivity contribution is 0.0209. The summed E-state index contributed by atoms with van der Waals surface area (Å²) in [5.41, 5.74) is 2.84. The maximum absolute atomic E-state index is 12.2. The molecular formula is C19H16ClNO4S. The Hall–Kier alpha value is -2.15. The van der Waals surface area contributed by atoms with Crippen LogP contribution in [0.5, 0.6) is 5.75 Å². The van der Waals surface area contributed by atoms with Gasteiger partial charge in [0.15, 0.2) is 5.75 Å². The second-order valence-corrected chi connectivity index (χ2v) is 7.97. The van der Waals surface area contributed by atoms with E-state index in [2.05, 4.69) is 11.0 Å². The van der Waals surface area contributed by atoms with Crippen LogP contribution >= 0.6 is 11.6 Å². The fourth-order valence-electron chi connectivity index (χ4n) is 3.37. The first-order valence-corrected chi connectivity index (χ1v) is 9.85. The van der Waals surface area contributed by atoms with Gasteiger partial charge in [-0.05, 0) is 36.2 Å². The molecule has 2 aromatic rings. The van der Waals surface area contributed by atoms with Crippen molar-refractivity contribution in [1.82, 2.24) is 0 Å². The molecular weight excluding hydrogens is 374 g/mol. The van der Waals surface area contributed by atoms with Crippen LogP contribution < -0.4 is 4.18 Å². The van der Waals surface area contributed by atoms with Crippen LogP contribution in [0, 0.1) is 5.92 Å². The van der Waals surface area contributed by atoms with Crippen molar-refractivity contribution in [3.05, 3.63) is 76.8 Å². The van der Waals surface area contributed by atoms with Gasteiger partial charge in [-0.3, -0.25) is 0 Å². The molecule has 2 aromatic carbocycles. The van der Waals surface area contributed by atoms with E-state index in [9.17, 15) is 8.42 Å².